The Balaban J connectivity index is 1.95. The maximum atomic E-state index is 5.87. The van der Waals surface area contributed by atoms with Crippen molar-refractivity contribution < 1.29 is 9.47 Å². The van der Waals surface area contributed by atoms with Gasteiger partial charge in [-0.15, -0.1) is 0 Å². The molecule has 0 aromatic carbocycles. The van der Waals surface area contributed by atoms with E-state index in [4.69, 9.17) is 21.1 Å². The number of piperidine rings is 1. The molecular formula is C11H18ClNO2. The standard InChI is InChI=1S/C11H18ClNO2/c1-9(12)8-13-5-3-2-4-10(13)11-14-6-7-15-11/h10-11H,1-8H2. The van der Waals surface area contributed by atoms with E-state index in [0.717, 1.165) is 32.7 Å². The Hall–Kier alpha value is -0.0900. The molecule has 3 nitrogen and oxygen atoms in total. The van der Waals surface area contributed by atoms with Crippen LogP contribution in [0.25, 0.3) is 0 Å². The topological polar surface area (TPSA) is 21.7 Å². The summed E-state index contributed by atoms with van der Waals surface area (Å²) in [5, 5.41) is 0.694. The molecule has 1 unspecified atom stereocenters. The van der Waals surface area contributed by atoms with Crippen molar-refractivity contribution >= 4 is 11.6 Å². The van der Waals surface area contributed by atoms with E-state index in [-0.39, 0.29) is 6.29 Å². The molecule has 86 valence electrons. The van der Waals surface area contributed by atoms with E-state index >= 15 is 0 Å². The van der Waals surface area contributed by atoms with Gasteiger partial charge in [0.2, 0.25) is 0 Å². The van der Waals surface area contributed by atoms with Gasteiger partial charge in [-0.05, 0) is 19.4 Å². The first kappa shape index (κ1) is 11.4. The Morgan fingerprint density at radius 2 is 2.07 bits per heavy atom. The highest BCUT2D eigenvalue weighted by molar-refractivity contribution is 6.29. The quantitative estimate of drug-likeness (QED) is 0.741. The SMILES string of the molecule is C=C(Cl)CN1CCCCC1C1OCCO1. The number of rotatable bonds is 3. The fraction of sp³-hybridized carbons (Fsp3) is 0.818. The molecule has 0 spiro atoms. The fourth-order valence-corrected chi connectivity index (χ4v) is 2.49. The van der Waals surface area contributed by atoms with Gasteiger partial charge in [0.15, 0.2) is 6.29 Å². The Kier molecular flexibility index (Phi) is 4.03. The summed E-state index contributed by atoms with van der Waals surface area (Å²) in [6, 6.07) is 0.358. The zero-order valence-electron chi connectivity index (χ0n) is 8.95. The Morgan fingerprint density at radius 1 is 1.33 bits per heavy atom. The van der Waals surface area contributed by atoms with Gasteiger partial charge in [0.1, 0.15) is 0 Å². The zero-order valence-corrected chi connectivity index (χ0v) is 9.71. The number of likely N-dealkylation sites (tertiary alicyclic amines) is 1. The molecule has 2 rings (SSSR count). The van der Waals surface area contributed by atoms with Gasteiger partial charge in [0.25, 0.3) is 0 Å². The summed E-state index contributed by atoms with van der Waals surface area (Å²) in [4.78, 5) is 2.33. The van der Waals surface area contributed by atoms with Crippen LogP contribution in [0.5, 0.6) is 0 Å². The zero-order chi connectivity index (χ0) is 10.7. The monoisotopic (exact) mass is 231 g/mol. The summed E-state index contributed by atoms with van der Waals surface area (Å²) in [5.74, 6) is 0. The number of ether oxygens (including phenoxy) is 2. The summed E-state index contributed by atoms with van der Waals surface area (Å²) >= 11 is 5.87. The van der Waals surface area contributed by atoms with Crippen LogP contribution in [0.15, 0.2) is 11.6 Å². The highest BCUT2D eigenvalue weighted by Gasteiger charge is 2.33. The minimum absolute atomic E-state index is 0.0543. The number of halogens is 1. The van der Waals surface area contributed by atoms with E-state index in [2.05, 4.69) is 11.5 Å². The largest absolute Gasteiger partial charge is 0.349 e. The number of hydrogen-bond acceptors (Lipinski definition) is 3. The van der Waals surface area contributed by atoms with E-state index in [9.17, 15) is 0 Å². The lowest BCUT2D eigenvalue weighted by molar-refractivity contribution is -0.107. The minimum Gasteiger partial charge on any atom is -0.349 e. The van der Waals surface area contributed by atoms with Crippen LogP contribution in [0.2, 0.25) is 0 Å². The third kappa shape index (κ3) is 2.94. The predicted molar refractivity (Wildman–Crippen MR) is 59.9 cm³/mol. The van der Waals surface area contributed by atoms with Crippen molar-refractivity contribution in [2.24, 2.45) is 0 Å². The molecule has 2 saturated heterocycles. The second-order valence-electron chi connectivity index (χ2n) is 4.16. The van der Waals surface area contributed by atoms with E-state index in [1.165, 1.54) is 12.8 Å². The Labute approximate surface area is 96.0 Å². The van der Waals surface area contributed by atoms with Gasteiger partial charge in [0, 0.05) is 11.6 Å². The predicted octanol–water partition coefficient (Wildman–Crippen LogP) is 1.97. The third-order valence-electron chi connectivity index (χ3n) is 3.00. The molecule has 15 heavy (non-hydrogen) atoms. The van der Waals surface area contributed by atoms with Crippen molar-refractivity contribution in [1.82, 2.24) is 4.90 Å². The second kappa shape index (κ2) is 5.30. The van der Waals surface area contributed by atoms with Crippen LogP contribution < -0.4 is 0 Å². The highest BCUT2D eigenvalue weighted by atomic mass is 35.5. The van der Waals surface area contributed by atoms with Crippen LogP contribution in [-0.2, 0) is 9.47 Å². The molecule has 0 amide bonds. The second-order valence-corrected chi connectivity index (χ2v) is 4.70. The van der Waals surface area contributed by atoms with Gasteiger partial charge in [0.05, 0.1) is 19.3 Å². The van der Waals surface area contributed by atoms with Crippen LogP contribution in [0, 0.1) is 0 Å². The lowest BCUT2D eigenvalue weighted by Crippen LogP contribution is -2.47. The Morgan fingerprint density at radius 3 is 2.73 bits per heavy atom. The van der Waals surface area contributed by atoms with Crippen molar-refractivity contribution in [3.8, 4) is 0 Å². The number of nitrogens with zero attached hydrogens (tertiary/aromatic N) is 1. The summed E-state index contributed by atoms with van der Waals surface area (Å²) in [5.41, 5.74) is 0. The van der Waals surface area contributed by atoms with Crippen LogP contribution in [0.1, 0.15) is 19.3 Å². The summed E-state index contributed by atoms with van der Waals surface area (Å²) in [7, 11) is 0. The molecule has 0 aromatic heterocycles. The molecule has 0 bridgehead atoms. The highest BCUT2D eigenvalue weighted by Crippen LogP contribution is 2.25. The van der Waals surface area contributed by atoms with Crippen molar-refractivity contribution in [3.05, 3.63) is 11.6 Å². The number of hydrogen-bond donors (Lipinski definition) is 0. The molecule has 2 fully saturated rings. The van der Waals surface area contributed by atoms with E-state index < -0.39 is 0 Å². The van der Waals surface area contributed by atoms with Crippen LogP contribution in [0.3, 0.4) is 0 Å². The molecule has 2 aliphatic heterocycles. The van der Waals surface area contributed by atoms with E-state index in [1.807, 2.05) is 0 Å². The van der Waals surface area contributed by atoms with Gasteiger partial charge in [-0.25, -0.2) is 0 Å². The maximum absolute atomic E-state index is 5.87. The summed E-state index contributed by atoms with van der Waals surface area (Å²) in [6.07, 6.45) is 3.56. The molecule has 1 atom stereocenters. The molecule has 0 aliphatic carbocycles. The van der Waals surface area contributed by atoms with Gasteiger partial charge < -0.3 is 9.47 Å². The van der Waals surface area contributed by atoms with E-state index in [0.29, 0.717) is 11.1 Å². The van der Waals surface area contributed by atoms with Crippen LogP contribution >= 0.6 is 11.6 Å². The molecule has 0 saturated carbocycles. The molecule has 0 radical (unpaired) electrons. The molecule has 2 heterocycles. The molecule has 2 aliphatic rings. The van der Waals surface area contributed by atoms with Crippen molar-refractivity contribution in [3.63, 3.8) is 0 Å². The van der Waals surface area contributed by atoms with Crippen molar-refractivity contribution in [1.29, 1.82) is 0 Å². The average molecular weight is 232 g/mol. The summed E-state index contributed by atoms with van der Waals surface area (Å²) in [6.45, 7) is 7.01. The minimum atomic E-state index is -0.0543. The van der Waals surface area contributed by atoms with Gasteiger partial charge in [-0.3, -0.25) is 4.90 Å². The lowest BCUT2D eigenvalue weighted by atomic mass is 10.0. The third-order valence-corrected chi connectivity index (χ3v) is 3.12. The molecule has 0 aromatic rings. The normalized spacial score (nSPS) is 29.5. The van der Waals surface area contributed by atoms with Crippen molar-refractivity contribution in [2.75, 3.05) is 26.3 Å². The lowest BCUT2D eigenvalue weighted by Gasteiger charge is -2.37. The summed E-state index contributed by atoms with van der Waals surface area (Å²) < 4.78 is 11.1. The van der Waals surface area contributed by atoms with Gasteiger partial charge >= 0.3 is 0 Å². The van der Waals surface area contributed by atoms with Gasteiger partial charge in [-0.2, -0.15) is 0 Å². The van der Waals surface area contributed by atoms with Crippen LogP contribution in [-0.4, -0.2) is 43.5 Å². The molecular weight excluding hydrogens is 214 g/mol. The fourth-order valence-electron chi connectivity index (χ4n) is 2.34. The van der Waals surface area contributed by atoms with Crippen LogP contribution in [0.4, 0.5) is 0 Å². The maximum Gasteiger partial charge on any atom is 0.173 e. The smallest absolute Gasteiger partial charge is 0.173 e. The van der Waals surface area contributed by atoms with Gasteiger partial charge in [-0.1, -0.05) is 24.6 Å². The first-order valence-corrected chi connectivity index (χ1v) is 5.96. The van der Waals surface area contributed by atoms with Crippen molar-refractivity contribution in [2.45, 2.75) is 31.6 Å². The average Bonchev–Trinajstić information content (AvgIpc) is 2.70. The molecule has 0 N–H and O–H groups in total. The van der Waals surface area contributed by atoms with E-state index in [1.54, 1.807) is 0 Å². The first-order chi connectivity index (χ1) is 7.27. The molecule has 4 heteroatoms. The first-order valence-electron chi connectivity index (χ1n) is 5.58. The Bertz CT molecular complexity index is 229.